The monoisotopic (exact) mass is 270 g/mol. The number of carboxylic acids is 1. The van der Waals surface area contributed by atoms with Crippen LogP contribution in [0.1, 0.15) is 52.9 Å². The predicted molar refractivity (Wildman–Crippen MR) is 77.0 cm³/mol. The van der Waals surface area contributed by atoms with Crippen molar-refractivity contribution in [3.8, 4) is 0 Å². The molecule has 0 heterocycles. The SMILES string of the molecule is C=CC(=O)OCCCC.CCCCC=C(C)C(=O)O. The topological polar surface area (TPSA) is 63.6 Å². The molecule has 4 nitrogen and oxygen atoms in total. The van der Waals surface area contributed by atoms with Crippen LogP contribution in [0.25, 0.3) is 0 Å². The number of ether oxygens (including phenoxy) is 1. The van der Waals surface area contributed by atoms with Crippen LogP contribution in [-0.2, 0) is 14.3 Å². The summed E-state index contributed by atoms with van der Waals surface area (Å²) in [5.41, 5.74) is 0.452. The van der Waals surface area contributed by atoms with Crippen LogP contribution in [0.4, 0.5) is 0 Å². The molecule has 0 aliphatic heterocycles. The van der Waals surface area contributed by atoms with Gasteiger partial charge in [0.05, 0.1) is 6.61 Å². The van der Waals surface area contributed by atoms with E-state index in [1.54, 1.807) is 13.0 Å². The Bertz CT molecular complexity index is 293. The highest BCUT2D eigenvalue weighted by Gasteiger charge is 1.96. The first-order valence-corrected chi connectivity index (χ1v) is 6.68. The second-order valence-corrected chi connectivity index (χ2v) is 4.06. The number of aliphatic carboxylic acids is 1. The van der Waals surface area contributed by atoms with Gasteiger partial charge in [0.1, 0.15) is 0 Å². The summed E-state index contributed by atoms with van der Waals surface area (Å²) in [5, 5.41) is 8.41. The van der Waals surface area contributed by atoms with E-state index in [1.165, 1.54) is 6.08 Å². The van der Waals surface area contributed by atoms with Gasteiger partial charge in [-0.25, -0.2) is 9.59 Å². The number of allylic oxidation sites excluding steroid dienone is 1. The molecular formula is C15H26O4. The lowest BCUT2D eigenvalue weighted by molar-refractivity contribution is -0.138. The Kier molecular flexibility index (Phi) is 15.1. The van der Waals surface area contributed by atoms with Crippen LogP contribution in [0.15, 0.2) is 24.3 Å². The lowest BCUT2D eigenvalue weighted by Crippen LogP contribution is -2.00. The number of hydrogen-bond acceptors (Lipinski definition) is 3. The van der Waals surface area contributed by atoms with Crippen LogP contribution in [0.3, 0.4) is 0 Å². The molecule has 1 N–H and O–H groups in total. The van der Waals surface area contributed by atoms with Crippen LogP contribution in [-0.4, -0.2) is 23.7 Å². The van der Waals surface area contributed by atoms with Gasteiger partial charge < -0.3 is 9.84 Å². The standard InChI is InChI=1S/C8H14O2.C7H12O2/c1-3-4-5-6-7(2)8(9)10;1-3-5-6-9-7(8)4-2/h6H,3-5H2,1-2H3,(H,9,10);4H,2-3,5-6H2,1H3. The minimum atomic E-state index is -0.809. The molecule has 0 rings (SSSR count). The molecule has 0 saturated heterocycles. The zero-order chi connectivity index (χ0) is 15.1. The molecule has 0 bridgehead atoms. The number of carbonyl (C=O) groups excluding carboxylic acids is 1. The Labute approximate surface area is 116 Å². The van der Waals surface area contributed by atoms with E-state index in [0.29, 0.717) is 12.2 Å². The molecule has 0 aliphatic rings. The number of esters is 1. The van der Waals surface area contributed by atoms with Crippen molar-refractivity contribution in [1.29, 1.82) is 0 Å². The van der Waals surface area contributed by atoms with E-state index >= 15 is 0 Å². The summed E-state index contributed by atoms with van der Waals surface area (Å²) in [6.45, 7) is 9.53. The molecule has 0 aliphatic carbocycles. The van der Waals surface area contributed by atoms with Crippen molar-refractivity contribution in [2.75, 3.05) is 6.61 Å². The molecule has 0 atom stereocenters. The number of unbranched alkanes of at least 4 members (excludes halogenated alkanes) is 3. The number of carbonyl (C=O) groups is 2. The highest BCUT2D eigenvalue weighted by molar-refractivity contribution is 5.85. The third-order valence-corrected chi connectivity index (χ3v) is 2.25. The molecular weight excluding hydrogens is 244 g/mol. The van der Waals surface area contributed by atoms with E-state index in [2.05, 4.69) is 18.2 Å². The van der Waals surface area contributed by atoms with Crippen molar-refractivity contribution in [1.82, 2.24) is 0 Å². The maximum atomic E-state index is 10.3. The van der Waals surface area contributed by atoms with Gasteiger partial charge in [-0.1, -0.05) is 45.8 Å². The van der Waals surface area contributed by atoms with Crippen molar-refractivity contribution in [3.63, 3.8) is 0 Å². The zero-order valence-electron chi connectivity index (χ0n) is 12.3. The molecule has 0 unspecified atom stereocenters. The highest BCUT2D eigenvalue weighted by atomic mass is 16.5. The van der Waals surface area contributed by atoms with E-state index in [1.807, 2.05) is 6.92 Å². The Morgan fingerprint density at radius 1 is 1.21 bits per heavy atom. The van der Waals surface area contributed by atoms with Crippen molar-refractivity contribution in [3.05, 3.63) is 24.3 Å². The summed E-state index contributed by atoms with van der Waals surface area (Å²) in [6, 6.07) is 0. The zero-order valence-corrected chi connectivity index (χ0v) is 12.3. The number of rotatable bonds is 8. The normalized spacial score (nSPS) is 10.2. The van der Waals surface area contributed by atoms with Gasteiger partial charge in [0.15, 0.2) is 0 Å². The van der Waals surface area contributed by atoms with Gasteiger partial charge in [-0.3, -0.25) is 0 Å². The van der Waals surface area contributed by atoms with Crippen LogP contribution in [0.2, 0.25) is 0 Å². The Hall–Kier alpha value is -1.58. The largest absolute Gasteiger partial charge is 0.478 e. The fourth-order valence-corrected chi connectivity index (χ4v) is 0.986. The smallest absolute Gasteiger partial charge is 0.330 e. The predicted octanol–water partition coefficient (Wildman–Crippen LogP) is 3.72. The Morgan fingerprint density at radius 2 is 1.79 bits per heavy atom. The Balaban J connectivity index is 0. The molecule has 19 heavy (non-hydrogen) atoms. The summed E-state index contributed by atoms with van der Waals surface area (Å²) in [6.07, 6.45) is 7.99. The average molecular weight is 270 g/mol. The van der Waals surface area contributed by atoms with Crippen molar-refractivity contribution in [2.45, 2.75) is 52.9 Å². The van der Waals surface area contributed by atoms with Crippen molar-refractivity contribution >= 4 is 11.9 Å². The molecule has 0 spiro atoms. The maximum absolute atomic E-state index is 10.3. The molecule has 4 heteroatoms. The molecule has 0 saturated carbocycles. The minimum Gasteiger partial charge on any atom is -0.478 e. The van der Waals surface area contributed by atoms with E-state index in [-0.39, 0.29) is 5.97 Å². The van der Waals surface area contributed by atoms with E-state index in [4.69, 9.17) is 5.11 Å². The van der Waals surface area contributed by atoms with Crippen LogP contribution in [0.5, 0.6) is 0 Å². The van der Waals surface area contributed by atoms with E-state index in [9.17, 15) is 9.59 Å². The number of carboxylic acid groups (broad SMARTS) is 1. The molecule has 0 fully saturated rings. The van der Waals surface area contributed by atoms with Gasteiger partial charge in [-0.15, -0.1) is 0 Å². The fraction of sp³-hybridized carbons (Fsp3) is 0.600. The van der Waals surface area contributed by atoms with Crippen molar-refractivity contribution in [2.24, 2.45) is 0 Å². The first-order chi connectivity index (χ1) is 8.99. The maximum Gasteiger partial charge on any atom is 0.330 e. The average Bonchev–Trinajstić information content (AvgIpc) is 2.39. The summed E-state index contributed by atoms with van der Waals surface area (Å²) < 4.78 is 4.67. The molecule has 0 aromatic rings. The van der Waals surface area contributed by atoms with Gasteiger partial charge in [0, 0.05) is 11.6 Å². The quantitative estimate of drug-likeness (QED) is 0.415. The van der Waals surface area contributed by atoms with Gasteiger partial charge >= 0.3 is 11.9 Å². The molecule has 0 radical (unpaired) electrons. The first-order valence-electron chi connectivity index (χ1n) is 6.68. The van der Waals surface area contributed by atoms with Gasteiger partial charge in [0.25, 0.3) is 0 Å². The van der Waals surface area contributed by atoms with E-state index in [0.717, 1.165) is 32.1 Å². The summed E-state index contributed by atoms with van der Waals surface area (Å²) in [7, 11) is 0. The third kappa shape index (κ3) is 16.4. The van der Waals surface area contributed by atoms with Gasteiger partial charge in [0.2, 0.25) is 0 Å². The lowest BCUT2D eigenvalue weighted by Gasteiger charge is -1.97. The number of hydrogen-bond donors (Lipinski definition) is 1. The molecule has 0 amide bonds. The van der Waals surface area contributed by atoms with Gasteiger partial charge in [-0.05, 0) is 19.8 Å². The molecule has 110 valence electrons. The third-order valence-electron chi connectivity index (χ3n) is 2.25. The van der Waals surface area contributed by atoms with Crippen molar-refractivity contribution < 1.29 is 19.4 Å². The second kappa shape index (κ2) is 14.5. The highest BCUT2D eigenvalue weighted by Crippen LogP contribution is 2.00. The van der Waals surface area contributed by atoms with Gasteiger partial charge in [-0.2, -0.15) is 0 Å². The fourth-order valence-electron chi connectivity index (χ4n) is 0.986. The second-order valence-electron chi connectivity index (χ2n) is 4.06. The van der Waals surface area contributed by atoms with Crippen LogP contribution < -0.4 is 0 Å². The summed E-state index contributed by atoms with van der Waals surface area (Å²) >= 11 is 0. The minimum absolute atomic E-state index is 0.330. The Morgan fingerprint density at radius 3 is 2.21 bits per heavy atom. The van der Waals surface area contributed by atoms with E-state index < -0.39 is 5.97 Å². The summed E-state index contributed by atoms with van der Waals surface area (Å²) in [5.74, 6) is -1.14. The van der Waals surface area contributed by atoms with Crippen LogP contribution >= 0.6 is 0 Å². The van der Waals surface area contributed by atoms with Crippen LogP contribution in [0, 0.1) is 0 Å². The lowest BCUT2D eigenvalue weighted by atomic mass is 10.2. The summed E-state index contributed by atoms with van der Waals surface area (Å²) in [4.78, 5) is 20.6. The molecule has 0 aromatic heterocycles. The molecule has 0 aromatic carbocycles. The first kappa shape index (κ1) is 19.8.